The number of carbonyl (C=O) groups excluding carboxylic acids is 1. The lowest BCUT2D eigenvalue weighted by Gasteiger charge is -2.03. The van der Waals surface area contributed by atoms with Crippen molar-refractivity contribution in [2.75, 3.05) is 0 Å². The van der Waals surface area contributed by atoms with Crippen LogP contribution in [0.25, 0.3) is 0 Å². The SMILES string of the molecule is Cc1ccc(CC(=O)NCc2nccs2)cc1. The van der Waals surface area contributed by atoms with Crippen LogP contribution in [0.4, 0.5) is 0 Å². The van der Waals surface area contributed by atoms with E-state index in [2.05, 4.69) is 10.3 Å². The number of aromatic nitrogens is 1. The van der Waals surface area contributed by atoms with Crippen LogP contribution in [0.2, 0.25) is 0 Å². The van der Waals surface area contributed by atoms with Gasteiger partial charge in [-0.1, -0.05) is 29.8 Å². The summed E-state index contributed by atoms with van der Waals surface area (Å²) in [6.45, 7) is 2.55. The molecule has 1 N–H and O–H groups in total. The van der Waals surface area contributed by atoms with Crippen molar-refractivity contribution in [2.24, 2.45) is 0 Å². The van der Waals surface area contributed by atoms with Gasteiger partial charge in [-0.3, -0.25) is 4.79 Å². The van der Waals surface area contributed by atoms with Gasteiger partial charge in [0, 0.05) is 11.6 Å². The van der Waals surface area contributed by atoms with Gasteiger partial charge >= 0.3 is 0 Å². The molecule has 0 aliphatic heterocycles. The van der Waals surface area contributed by atoms with Crippen LogP contribution in [0.1, 0.15) is 16.1 Å². The second-order valence-corrected chi connectivity index (χ2v) is 4.84. The molecule has 0 saturated heterocycles. The van der Waals surface area contributed by atoms with Crippen molar-refractivity contribution >= 4 is 17.2 Å². The fourth-order valence-electron chi connectivity index (χ4n) is 1.47. The van der Waals surface area contributed by atoms with Crippen LogP contribution in [0.15, 0.2) is 35.8 Å². The number of nitrogens with one attached hydrogen (secondary N) is 1. The molecule has 3 nitrogen and oxygen atoms in total. The standard InChI is InChI=1S/C13H14N2OS/c1-10-2-4-11(5-3-10)8-12(16)15-9-13-14-6-7-17-13/h2-7H,8-9H2,1H3,(H,15,16). The summed E-state index contributed by atoms with van der Waals surface area (Å²) in [4.78, 5) is 15.8. The molecule has 0 spiro atoms. The van der Waals surface area contributed by atoms with E-state index < -0.39 is 0 Å². The third-order valence-corrected chi connectivity index (χ3v) is 3.19. The molecule has 0 atom stereocenters. The maximum atomic E-state index is 11.7. The normalized spacial score (nSPS) is 10.2. The molecule has 1 heterocycles. The third-order valence-electron chi connectivity index (χ3n) is 2.41. The molecular formula is C13H14N2OS. The van der Waals surface area contributed by atoms with Gasteiger partial charge in [-0.25, -0.2) is 4.98 Å². The third kappa shape index (κ3) is 3.67. The van der Waals surface area contributed by atoms with E-state index in [0.717, 1.165) is 10.6 Å². The van der Waals surface area contributed by atoms with Crippen LogP contribution in [-0.2, 0) is 17.8 Å². The van der Waals surface area contributed by atoms with E-state index in [1.54, 1.807) is 17.5 Å². The lowest BCUT2D eigenvalue weighted by Crippen LogP contribution is -2.24. The molecule has 0 aliphatic rings. The molecule has 0 saturated carbocycles. The Morgan fingerprint density at radius 2 is 2.12 bits per heavy atom. The Labute approximate surface area is 105 Å². The van der Waals surface area contributed by atoms with E-state index in [4.69, 9.17) is 0 Å². The minimum atomic E-state index is 0.0315. The van der Waals surface area contributed by atoms with Crippen molar-refractivity contribution in [3.8, 4) is 0 Å². The highest BCUT2D eigenvalue weighted by Crippen LogP contribution is 2.05. The zero-order valence-corrected chi connectivity index (χ0v) is 10.5. The molecule has 1 amide bonds. The predicted molar refractivity (Wildman–Crippen MR) is 68.8 cm³/mol. The van der Waals surface area contributed by atoms with Crippen LogP contribution >= 0.6 is 11.3 Å². The molecule has 1 aromatic heterocycles. The number of aryl methyl sites for hydroxylation is 1. The van der Waals surface area contributed by atoms with Gasteiger partial charge in [0.25, 0.3) is 0 Å². The molecular weight excluding hydrogens is 232 g/mol. The minimum Gasteiger partial charge on any atom is -0.349 e. The molecule has 0 aliphatic carbocycles. The van der Waals surface area contributed by atoms with Crippen LogP contribution in [0.3, 0.4) is 0 Å². The largest absolute Gasteiger partial charge is 0.349 e. The Morgan fingerprint density at radius 3 is 2.76 bits per heavy atom. The molecule has 0 radical (unpaired) electrons. The summed E-state index contributed by atoms with van der Waals surface area (Å²) in [6.07, 6.45) is 2.16. The zero-order valence-electron chi connectivity index (χ0n) is 9.64. The number of amides is 1. The predicted octanol–water partition coefficient (Wildman–Crippen LogP) is 2.31. The highest BCUT2D eigenvalue weighted by atomic mass is 32.1. The van der Waals surface area contributed by atoms with E-state index in [-0.39, 0.29) is 5.91 Å². The van der Waals surface area contributed by atoms with Gasteiger partial charge in [0.1, 0.15) is 5.01 Å². The Bertz CT molecular complexity index is 477. The molecule has 0 bridgehead atoms. The van der Waals surface area contributed by atoms with Crippen molar-refractivity contribution in [3.05, 3.63) is 52.0 Å². The van der Waals surface area contributed by atoms with Crippen LogP contribution in [0.5, 0.6) is 0 Å². The maximum Gasteiger partial charge on any atom is 0.224 e. The molecule has 4 heteroatoms. The van der Waals surface area contributed by atoms with E-state index in [1.165, 1.54) is 5.56 Å². The van der Waals surface area contributed by atoms with E-state index in [0.29, 0.717) is 13.0 Å². The molecule has 1 aromatic carbocycles. The highest BCUT2D eigenvalue weighted by molar-refractivity contribution is 7.09. The number of hydrogen-bond donors (Lipinski definition) is 1. The average Bonchev–Trinajstić information content (AvgIpc) is 2.83. The highest BCUT2D eigenvalue weighted by Gasteiger charge is 2.03. The Balaban J connectivity index is 1.83. The number of thiazole rings is 1. The van der Waals surface area contributed by atoms with E-state index in [9.17, 15) is 4.79 Å². The molecule has 88 valence electrons. The van der Waals surface area contributed by atoms with Gasteiger partial charge in [-0.2, -0.15) is 0 Å². The van der Waals surface area contributed by atoms with Crippen molar-refractivity contribution in [2.45, 2.75) is 19.9 Å². The van der Waals surface area contributed by atoms with Gasteiger partial charge in [0.2, 0.25) is 5.91 Å². The minimum absolute atomic E-state index is 0.0315. The Hall–Kier alpha value is -1.68. The van der Waals surface area contributed by atoms with Gasteiger partial charge in [-0.15, -0.1) is 11.3 Å². The zero-order chi connectivity index (χ0) is 12.1. The summed E-state index contributed by atoms with van der Waals surface area (Å²) < 4.78 is 0. The van der Waals surface area contributed by atoms with Crippen molar-refractivity contribution in [1.29, 1.82) is 0 Å². The van der Waals surface area contributed by atoms with Gasteiger partial charge < -0.3 is 5.32 Å². The summed E-state index contributed by atoms with van der Waals surface area (Å²) in [6, 6.07) is 8.00. The number of rotatable bonds is 4. The van der Waals surface area contributed by atoms with Gasteiger partial charge in [0.15, 0.2) is 0 Å². The number of nitrogens with zero attached hydrogens (tertiary/aromatic N) is 1. The first-order chi connectivity index (χ1) is 8.24. The Morgan fingerprint density at radius 1 is 1.35 bits per heavy atom. The lowest BCUT2D eigenvalue weighted by molar-refractivity contribution is -0.120. The fraction of sp³-hybridized carbons (Fsp3) is 0.231. The molecule has 2 aromatic rings. The number of hydrogen-bond acceptors (Lipinski definition) is 3. The van der Waals surface area contributed by atoms with E-state index >= 15 is 0 Å². The van der Waals surface area contributed by atoms with Crippen molar-refractivity contribution in [1.82, 2.24) is 10.3 Å². The van der Waals surface area contributed by atoms with Crippen molar-refractivity contribution in [3.63, 3.8) is 0 Å². The van der Waals surface area contributed by atoms with Gasteiger partial charge in [-0.05, 0) is 12.5 Å². The fourth-order valence-corrected chi connectivity index (χ4v) is 2.02. The van der Waals surface area contributed by atoms with Crippen LogP contribution in [-0.4, -0.2) is 10.9 Å². The topological polar surface area (TPSA) is 42.0 Å². The quantitative estimate of drug-likeness (QED) is 0.899. The first-order valence-electron chi connectivity index (χ1n) is 5.44. The van der Waals surface area contributed by atoms with Crippen LogP contribution in [0, 0.1) is 6.92 Å². The van der Waals surface area contributed by atoms with Gasteiger partial charge in [0.05, 0.1) is 13.0 Å². The second kappa shape index (κ2) is 5.59. The summed E-state index contributed by atoms with van der Waals surface area (Å²) in [7, 11) is 0. The Kier molecular flexibility index (Phi) is 3.88. The summed E-state index contributed by atoms with van der Waals surface area (Å²) in [5.74, 6) is 0.0315. The lowest BCUT2D eigenvalue weighted by atomic mass is 10.1. The smallest absolute Gasteiger partial charge is 0.224 e. The molecule has 17 heavy (non-hydrogen) atoms. The molecule has 2 rings (SSSR count). The molecule has 0 unspecified atom stereocenters. The second-order valence-electron chi connectivity index (χ2n) is 3.86. The summed E-state index contributed by atoms with van der Waals surface area (Å²) >= 11 is 1.55. The average molecular weight is 246 g/mol. The number of benzene rings is 1. The van der Waals surface area contributed by atoms with Crippen LogP contribution < -0.4 is 5.32 Å². The number of carbonyl (C=O) groups is 1. The summed E-state index contributed by atoms with van der Waals surface area (Å²) in [5.41, 5.74) is 2.24. The first-order valence-corrected chi connectivity index (χ1v) is 6.32. The first kappa shape index (κ1) is 11.8. The monoisotopic (exact) mass is 246 g/mol. The van der Waals surface area contributed by atoms with Crippen molar-refractivity contribution < 1.29 is 4.79 Å². The summed E-state index contributed by atoms with van der Waals surface area (Å²) in [5, 5.41) is 5.69. The van der Waals surface area contributed by atoms with E-state index in [1.807, 2.05) is 36.6 Å². The molecule has 0 fully saturated rings. The maximum absolute atomic E-state index is 11.7.